The molecule has 0 unspecified atom stereocenters. The average Bonchev–Trinajstić information content (AvgIpc) is 3.11. The lowest BCUT2D eigenvalue weighted by atomic mass is 10.2. The summed E-state index contributed by atoms with van der Waals surface area (Å²) < 4.78 is 16.8. The van der Waals surface area contributed by atoms with Crippen molar-refractivity contribution in [1.29, 1.82) is 0 Å². The Bertz CT molecular complexity index is 1240. The van der Waals surface area contributed by atoms with Crippen molar-refractivity contribution in [3.05, 3.63) is 64.9 Å². The summed E-state index contributed by atoms with van der Waals surface area (Å²) in [7, 11) is 3.33. The second kappa shape index (κ2) is 10.7. The number of aryl methyl sites for hydroxylation is 1. The minimum atomic E-state index is -0.407. The number of aromatic nitrogens is 4. The number of carbonyl (C=O) groups is 2. The molecule has 2 amide bonds. The number of anilines is 1. The van der Waals surface area contributed by atoms with Gasteiger partial charge in [0.1, 0.15) is 17.3 Å². The lowest BCUT2D eigenvalue weighted by molar-refractivity contribution is -0.123. The lowest BCUT2D eigenvalue weighted by Crippen LogP contribution is -2.27. The van der Waals surface area contributed by atoms with Gasteiger partial charge in [-0.15, -0.1) is 0 Å². The SMILES string of the molecule is CCn1c(Cn2cncc(NC(=O)CCC/C=C/C(=O)N(C)C)c2=O)nc2cc(F)ccc21. The van der Waals surface area contributed by atoms with Crippen LogP contribution in [0, 0.1) is 5.82 Å². The van der Waals surface area contributed by atoms with Gasteiger partial charge in [-0.2, -0.15) is 0 Å². The minimum absolute atomic E-state index is 0.0750. The first-order valence-corrected chi connectivity index (χ1v) is 10.7. The Hall–Kier alpha value is -3.82. The summed E-state index contributed by atoms with van der Waals surface area (Å²) >= 11 is 0. The highest BCUT2D eigenvalue weighted by Crippen LogP contribution is 2.18. The number of nitrogens with one attached hydrogen (secondary N) is 1. The van der Waals surface area contributed by atoms with Crippen LogP contribution < -0.4 is 10.9 Å². The van der Waals surface area contributed by atoms with Crippen LogP contribution in [0.25, 0.3) is 11.0 Å². The van der Waals surface area contributed by atoms with E-state index in [-0.39, 0.29) is 36.3 Å². The van der Waals surface area contributed by atoms with E-state index in [0.29, 0.717) is 30.7 Å². The summed E-state index contributed by atoms with van der Waals surface area (Å²) in [6, 6.07) is 4.39. The van der Waals surface area contributed by atoms with Crippen molar-refractivity contribution in [3.8, 4) is 0 Å². The number of benzene rings is 1. The smallest absolute Gasteiger partial charge is 0.277 e. The van der Waals surface area contributed by atoms with E-state index >= 15 is 0 Å². The summed E-state index contributed by atoms with van der Waals surface area (Å²) in [5, 5.41) is 2.61. The predicted octanol–water partition coefficient (Wildman–Crippen LogP) is 2.55. The van der Waals surface area contributed by atoms with Crippen molar-refractivity contribution in [1.82, 2.24) is 24.0 Å². The lowest BCUT2D eigenvalue weighted by Gasteiger charge is -2.10. The molecule has 1 N–H and O–H groups in total. The Kier molecular flexibility index (Phi) is 7.70. The van der Waals surface area contributed by atoms with Gasteiger partial charge in [0, 0.05) is 33.1 Å². The molecule has 1 aromatic carbocycles. The van der Waals surface area contributed by atoms with Crippen LogP contribution in [0.4, 0.5) is 10.1 Å². The fourth-order valence-electron chi connectivity index (χ4n) is 3.35. The van der Waals surface area contributed by atoms with Crippen molar-refractivity contribution in [2.24, 2.45) is 0 Å². The highest BCUT2D eigenvalue weighted by molar-refractivity contribution is 5.90. The Morgan fingerprint density at radius 1 is 1.27 bits per heavy atom. The zero-order chi connectivity index (χ0) is 24.0. The summed E-state index contributed by atoms with van der Waals surface area (Å²) in [5.41, 5.74) is 0.959. The van der Waals surface area contributed by atoms with Gasteiger partial charge in [0.05, 0.1) is 30.1 Å². The monoisotopic (exact) mass is 454 g/mol. The molecule has 33 heavy (non-hydrogen) atoms. The third-order valence-corrected chi connectivity index (χ3v) is 5.07. The van der Waals surface area contributed by atoms with Crippen molar-refractivity contribution in [2.45, 2.75) is 39.3 Å². The van der Waals surface area contributed by atoms with E-state index < -0.39 is 5.56 Å². The van der Waals surface area contributed by atoms with Gasteiger partial charge in [-0.3, -0.25) is 19.0 Å². The van der Waals surface area contributed by atoms with Gasteiger partial charge in [0.15, 0.2) is 0 Å². The van der Waals surface area contributed by atoms with Gasteiger partial charge in [-0.1, -0.05) is 6.08 Å². The van der Waals surface area contributed by atoms with Crippen LogP contribution in [0.2, 0.25) is 0 Å². The molecule has 3 rings (SSSR count). The van der Waals surface area contributed by atoms with Gasteiger partial charge in [-0.25, -0.2) is 14.4 Å². The van der Waals surface area contributed by atoms with Gasteiger partial charge < -0.3 is 14.8 Å². The zero-order valence-corrected chi connectivity index (χ0v) is 18.9. The summed E-state index contributed by atoms with van der Waals surface area (Å²) in [6.07, 6.45) is 7.18. The minimum Gasteiger partial charge on any atom is -0.345 e. The van der Waals surface area contributed by atoms with E-state index in [1.807, 2.05) is 11.5 Å². The van der Waals surface area contributed by atoms with Crippen LogP contribution >= 0.6 is 0 Å². The molecule has 174 valence electrons. The quantitative estimate of drug-likeness (QED) is 0.396. The molecule has 3 aromatic rings. The maximum absolute atomic E-state index is 13.6. The second-order valence-corrected chi connectivity index (χ2v) is 7.72. The number of fused-ring (bicyclic) bond motifs is 1. The molecule has 0 atom stereocenters. The first kappa shape index (κ1) is 23.8. The van der Waals surface area contributed by atoms with Crippen molar-refractivity contribution >= 4 is 28.5 Å². The largest absolute Gasteiger partial charge is 0.345 e. The van der Waals surface area contributed by atoms with Crippen LogP contribution in [-0.2, 0) is 22.7 Å². The molecular weight excluding hydrogens is 427 g/mol. The molecule has 0 aliphatic carbocycles. The summed E-state index contributed by atoms with van der Waals surface area (Å²) in [5.74, 6) is -0.213. The Balaban J connectivity index is 1.66. The number of carbonyl (C=O) groups excluding carboxylic acids is 2. The molecule has 0 aliphatic heterocycles. The van der Waals surface area contributed by atoms with Crippen molar-refractivity contribution in [2.75, 3.05) is 19.4 Å². The number of halogens is 1. The van der Waals surface area contributed by atoms with Crippen LogP contribution in [0.3, 0.4) is 0 Å². The fraction of sp³-hybridized carbons (Fsp3) is 0.348. The van der Waals surface area contributed by atoms with E-state index in [0.717, 1.165) is 5.52 Å². The van der Waals surface area contributed by atoms with Gasteiger partial charge >= 0.3 is 0 Å². The number of allylic oxidation sites excluding steroid dienone is 1. The normalized spacial score (nSPS) is 11.3. The Labute approximate surface area is 190 Å². The van der Waals surface area contributed by atoms with E-state index in [9.17, 15) is 18.8 Å². The van der Waals surface area contributed by atoms with Crippen molar-refractivity contribution in [3.63, 3.8) is 0 Å². The molecule has 0 saturated carbocycles. The zero-order valence-electron chi connectivity index (χ0n) is 18.9. The van der Waals surface area contributed by atoms with Crippen molar-refractivity contribution < 1.29 is 14.0 Å². The molecular formula is C23H27FN6O3. The number of rotatable bonds is 9. The summed E-state index contributed by atoms with van der Waals surface area (Å²) in [4.78, 5) is 46.6. The number of unbranched alkanes of at least 4 members (excludes halogenated alkanes) is 1. The Morgan fingerprint density at radius 2 is 2.06 bits per heavy atom. The van der Waals surface area contributed by atoms with E-state index in [1.54, 1.807) is 26.2 Å². The molecule has 9 nitrogen and oxygen atoms in total. The Morgan fingerprint density at radius 3 is 2.79 bits per heavy atom. The molecule has 2 heterocycles. The molecule has 0 saturated heterocycles. The maximum atomic E-state index is 13.6. The molecule has 0 bridgehead atoms. The second-order valence-electron chi connectivity index (χ2n) is 7.72. The van der Waals surface area contributed by atoms with Crippen LogP contribution in [0.1, 0.15) is 32.0 Å². The highest BCUT2D eigenvalue weighted by Gasteiger charge is 2.14. The van der Waals surface area contributed by atoms with E-state index in [1.165, 1.54) is 40.2 Å². The van der Waals surface area contributed by atoms with Gasteiger partial charge in [0.2, 0.25) is 11.8 Å². The highest BCUT2D eigenvalue weighted by atomic mass is 19.1. The number of hydrogen-bond donors (Lipinski definition) is 1. The molecule has 10 heteroatoms. The molecule has 2 aromatic heterocycles. The number of hydrogen-bond acceptors (Lipinski definition) is 5. The molecule has 0 radical (unpaired) electrons. The standard InChI is InChI=1S/C23H27FN6O3/c1-4-30-19-11-10-16(24)12-17(19)26-20(30)14-29-15-25-13-18(23(29)33)27-21(31)8-6-5-7-9-22(32)28(2)3/h7,9-13,15H,4-6,8,14H2,1-3H3,(H,27,31)/b9-7+. The van der Waals surface area contributed by atoms with E-state index in [4.69, 9.17) is 0 Å². The first-order chi connectivity index (χ1) is 15.8. The fourth-order valence-corrected chi connectivity index (χ4v) is 3.35. The summed E-state index contributed by atoms with van der Waals surface area (Å²) in [6.45, 7) is 2.67. The predicted molar refractivity (Wildman–Crippen MR) is 123 cm³/mol. The van der Waals surface area contributed by atoms with Gasteiger partial charge in [0.25, 0.3) is 5.56 Å². The maximum Gasteiger partial charge on any atom is 0.277 e. The number of nitrogens with zero attached hydrogens (tertiary/aromatic N) is 5. The van der Waals surface area contributed by atoms with E-state index in [2.05, 4.69) is 15.3 Å². The van der Waals surface area contributed by atoms with Crippen LogP contribution in [0.15, 0.2) is 47.7 Å². The van der Waals surface area contributed by atoms with Crippen LogP contribution in [-0.4, -0.2) is 49.9 Å². The average molecular weight is 455 g/mol. The number of imidazole rings is 1. The van der Waals surface area contributed by atoms with Gasteiger partial charge in [-0.05, 0) is 38.0 Å². The molecule has 0 aliphatic rings. The molecule has 0 spiro atoms. The first-order valence-electron chi connectivity index (χ1n) is 10.7. The topological polar surface area (TPSA) is 102 Å². The van der Waals surface area contributed by atoms with Crippen LogP contribution in [0.5, 0.6) is 0 Å². The third-order valence-electron chi connectivity index (χ3n) is 5.07. The number of likely N-dealkylation sites (N-methyl/N-ethyl adjacent to an activating group) is 1. The number of amides is 2. The third kappa shape index (κ3) is 5.91. The molecule has 0 fully saturated rings.